The van der Waals surface area contributed by atoms with E-state index in [1.54, 1.807) is 21.3 Å². The van der Waals surface area contributed by atoms with Crippen molar-refractivity contribution in [1.82, 2.24) is 0 Å². The van der Waals surface area contributed by atoms with Crippen LogP contribution in [0.4, 0.5) is 5.69 Å². The van der Waals surface area contributed by atoms with Crippen LogP contribution in [0.2, 0.25) is 0 Å². The minimum absolute atomic E-state index is 0.548. The van der Waals surface area contributed by atoms with Gasteiger partial charge < -0.3 is 28.6 Å². The number of benzene rings is 2. The van der Waals surface area contributed by atoms with Crippen molar-refractivity contribution >= 4 is 5.69 Å². The maximum atomic E-state index is 6.31. The van der Waals surface area contributed by atoms with Crippen LogP contribution in [0.1, 0.15) is 11.1 Å². The number of methoxy groups -OCH3 is 3. The molecule has 2 aromatic rings. The maximum Gasteiger partial charge on any atom is 0.208 e. The third-order valence-corrected chi connectivity index (χ3v) is 5.16. The van der Waals surface area contributed by atoms with Gasteiger partial charge in [-0.05, 0) is 42.7 Å². The normalized spacial score (nSPS) is 15.9. The molecular formula is C21H25NO5. The lowest BCUT2D eigenvalue weighted by atomic mass is 10.0. The van der Waals surface area contributed by atoms with Gasteiger partial charge in [-0.25, -0.2) is 0 Å². The lowest BCUT2D eigenvalue weighted by molar-refractivity contribution is 0.122. The molecule has 6 nitrogen and oxygen atoms in total. The highest BCUT2D eigenvalue weighted by molar-refractivity contribution is 5.65. The Balaban J connectivity index is 1.71. The molecule has 2 heterocycles. The molecule has 2 aliphatic heterocycles. The fourth-order valence-electron chi connectivity index (χ4n) is 3.74. The van der Waals surface area contributed by atoms with Gasteiger partial charge in [0.15, 0.2) is 11.5 Å². The van der Waals surface area contributed by atoms with Crippen LogP contribution in [0.15, 0.2) is 24.3 Å². The molecular weight excluding hydrogens is 346 g/mol. The largest absolute Gasteiger partial charge is 0.493 e. The number of fused-ring (bicyclic) bond motifs is 2. The fourth-order valence-corrected chi connectivity index (χ4v) is 3.74. The Kier molecular flexibility index (Phi) is 4.99. The average molecular weight is 371 g/mol. The van der Waals surface area contributed by atoms with Crippen molar-refractivity contribution in [3.8, 4) is 28.7 Å². The number of anilines is 1. The standard InChI is InChI=1S/C21H25NO5/c1-23-18-13-15-5-4-14-12-16(22-8-10-26-11-9-22)6-7-17(14)27-19(15)21(25-3)20(18)24-2/h6-7,12-13H,4-5,8-11H2,1-3H3. The van der Waals surface area contributed by atoms with Gasteiger partial charge in [-0.1, -0.05) is 0 Å². The zero-order valence-electron chi connectivity index (χ0n) is 16.0. The molecule has 1 saturated heterocycles. The van der Waals surface area contributed by atoms with E-state index < -0.39 is 0 Å². The Morgan fingerprint density at radius 2 is 1.59 bits per heavy atom. The molecule has 1 fully saturated rings. The first kappa shape index (κ1) is 17.8. The van der Waals surface area contributed by atoms with Gasteiger partial charge in [-0.2, -0.15) is 0 Å². The molecule has 2 aromatic carbocycles. The van der Waals surface area contributed by atoms with Crippen molar-refractivity contribution in [1.29, 1.82) is 0 Å². The molecule has 0 aliphatic carbocycles. The summed E-state index contributed by atoms with van der Waals surface area (Å²) in [6.07, 6.45) is 1.73. The number of hydrogen-bond donors (Lipinski definition) is 0. The molecule has 0 unspecified atom stereocenters. The third kappa shape index (κ3) is 3.25. The van der Waals surface area contributed by atoms with Crippen LogP contribution < -0.4 is 23.8 Å². The Morgan fingerprint density at radius 3 is 2.30 bits per heavy atom. The Bertz CT molecular complexity index is 830. The van der Waals surface area contributed by atoms with E-state index >= 15 is 0 Å². The number of nitrogens with zero attached hydrogens (tertiary/aromatic N) is 1. The summed E-state index contributed by atoms with van der Waals surface area (Å²) < 4.78 is 28.4. The molecule has 0 amide bonds. The SMILES string of the molecule is COc1cc2c(c(OC)c1OC)Oc1ccc(N3CCOCC3)cc1CC2. The number of hydrogen-bond acceptors (Lipinski definition) is 6. The van der Waals surface area contributed by atoms with Gasteiger partial charge in [-0.3, -0.25) is 0 Å². The van der Waals surface area contributed by atoms with E-state index in [1.165, 1.54) is 11.3 Å². The highest BCUT2D eigenvalue weighted by atomic mass is 16.5. The molecule has 0 bridgehead atoms. The molecule has 0 radical (unpaired) electrons. The van der Waals surface area contributed by atoms with Crippen LogP contribution in [0.3, 0.4) is 0 Å². The molecule has 0 saturated carbocycles. The highest BCUT2D eigenvalue weighted by Gasteiger charge is 2.26. The molecule has 144 valence electrons. The lowest BCUT2D eigenvalue weighted by Crippen LogP contribution is -2.36. The molecule has 27 heavy (non-hydrogen) atoms. The predicted octanol–water partition coefficient (Wildman–Crippen LogP) is 3.44. The minimum atomic E-state index is 0.548. The molecule has 0 aromatic heterocycles. The van der Waals surface area contributed by atoms with Gasteiger partial charge in [0.2, 0.25) is 11.5 Å². The monoisotopic (exact) mass is 371 g/mol. The van der Waals surface area contributed by atoms with Crippen molar-refractivity contribution < 1.29 is 23.7 Å². The van der Waals surface area contributed by atoms with Crippen LogP contribution in [0, 0.1) is 0 Å². The fraction of sp³-hybridized carbons (Fsp3) is 0.429. The Hall–Kier alpha value is -2.60. The lowest BCUT2D eigenvalue weighted by Gasteiger charge is -2.29. The van der Waals surface area contributed by atoms with Gasteiger partial charge >= 0.3 is 0 Å². The van der Waals surface area contributed by atoms with Crippen molar-refractivity contribution in [2.75, 3.05) is 52.5 Å². The molecule has 0 N–H and O–H groups in total. The first-order chi connectivity index (χ1) is 13.2. The first-order valence-corrected chi connectivity index (χ1v) is 9.20. The van der Waals surface area contributed by atoms with Crippen LogP contribution in [0.25, 0.3) is 0 Å². The second kappa shape index (κ2) is 7.56. The third-order valence-electron chi connectivity index (χ3n) is 5.16. The van der Waals surface area contributed by atoms with E-state index in [0.29, 0.717) is 23.0 Å². The number of morpholine rings is 1. The van der Waals surface area contributed by atoms with Gasteiger partial charge in [0, 0.05) is 24.3 Å². The zero-order chi connectivity index (χ0) is 18.8. The summed E-state index contributed by atoms with van der Waals surface area (Å²) in [4.78, 5) is 2.36. The highest BCUT2D eigenvalue weighted by Crippen LogP contribution is 2.50. The van der Waals surface area contributed by atoms with Crippen molar-refractivity contribution in [3.63, 3.8) is 0 Å². The zero-order valence-corrected chi connectivity index (χ0v) is 16.0. The van der Waals surface area contributed by atoms with Crippen LogP contribution in [-0.4, -0.2) is 47.6 Å². The van der Waals surface area contributed by atoms with E-state index in [1.807, 2.05) is 12.1 Å². The average Bonchev–Trinajstić information content (AvgIpc) is 2.91. The van der Waals surface area contributed by atoms with Gasteiger partial charge in [0.25, 0.3) is 0 Å². The second-order valence-electron chi connectivity index (χ2n) is 6.63. The van der Waals surface area contributed by atoms with Gasteiger partial charge in [0.05, 0.1) is 34.5 Å². The molecule has 4 rings (SSSR count). The Labute approximate surface area is 159 Å². The molecule has 0 spiro atoms. The summed E-state index contributed by atoms with van der Waals surface area (Å²) >= 11 is 0. The summed E-state index contributed by atoms with van der Waals surface area (Å²) in [6, 6.07) is 8.37. The van der Waals surface area contributed by atoms with E-state index in [4.69, 9.17) is 23.7 Å². The van der Waals surface area contributed by atoms with E-state index in [0.717, 1.165) is 50.5 Å². The van der Waals surface area contributed by atoms with Crippen LogP contribution >= 0.6 is 0 Å². The van der Waals surface area contributed by atoms with Crippen molar-refractivity contribution in [2.45, 2.75) is 12.8 Å². The van der Waals surface area contributed by atoms with Crippen molar-refractivity contribution in [2.24, 2.45) is 0 Å². The first-order valence-electron chi connectivity index (χ1n) is 9.20. The molecule has 0 atom stereocenters. The summed E-state index contributed by atoms with van der Waals surface area (Å²) in [5.74, 6) is 3.32. The number of aryl methyl sites for hydroxylation is 2. The summed E-state index contributed by atoms with van der Waals surface area (Å²) in [5, 5.41) is 0. The summed E-state index contributed by atoms with van der Waals surface area (Å²) in [6.45, 7) is 3.38. The van der Waals surface area contributed by atoms with Crippen molar-refractivity contribution in [3.05, 3.63) is 35.4 Å². The van der Waals surface area contributed by atoms with Crippen LogP contribution in [0.5, 0.6) is 28.7 Å². The molecule has 6 heteroatoms. The maximum absolute atomic E-state index is 6.31. The Morgan fingerprint density at radius 1 is 0.852 bits per heavy atom. The second-order valence-corrected chi connectivity index (χ2v) is 6.63. The van der Waals surface area contributed by atoms with E-state index in [9.17, 15) is 0 Å². The predicted molar refractivity (Wildman–Crippen MR) is 103 cm³/mol. The molecule has 2 aliphatic rings. The minimum Gasteiger partial charge on any atom is -0.493 e. The van der Waals surface area contributed by atoms with Crippen LogP contribution in [-0.2, 0) is 17.6 Å². The topological polar surface area (TPSA) is 49.4 Å². The van der Waals surface area contributed by atoms with Gasteiger partial charge in [-0.15, -0.1) is 0 Å². The summed E-state index contributed by atoms with van der Waals surface area (Å²) in [5.41, 5.74) is 3.46. The van der Waals surface area contributed by atoms with E-state index in [2.05, 4.69) is 17.0 Å². The van der Waals surface area contributed by atoms with E-state index in [-0.39, 0.29) is 0 Å². The number of ether oxygens (including phenoxy) is 5. The summed E-state index contributed by atoms with van der Waals surface area (Å²) in [7, 11) is 4.85. The number of rotatable bonds is 4. The van der Waals surface area contributed by atoms with Gasteiger partial charge in [0.1, 0.15) is 5.75 Å². The smallest absolute Gasteiger partial charge is 0.208 e. The quantitative estimate of drug-likeness (QED) is 0.821.